The normalized spacial score (nSPS) is 14.5. The summed E-state index contributed by atoms with van der Waals surface area (Å²) >= 11 is 3.50. The Morgan fingerprint density at radius 1 is 0.786 bits per heavy atom. The molecular weight excluding hydrogens is 590 g/mol. The maximum Gasteiger partial charge on any atom is 0.265 e. The van der Waals surface area contributed by atoms with Crippen molar-refractivity contribution in [2.75, 3.05) is 31.5 Å². The number of benzene rings is 4. The molecule has 1 atom stereocenters. The Labute approximate surface area is 256 Å². The van der Waals surface area contributed by atoms with Crippen LogP contribution in [-0.2, 0) is 4.79 Å². The standard InChI is InChI=1S/C35H36BrN3O3/c1-24-22-29(36)23-25(2)33(24)42-26(3)34(40)37-31-17-11-10-16-30(31)35(41)39-20-18-38(19-21-39)32(27-12-6-4-7-13-27)28-14-8-5-9-15-28/h4-17,22-23,26,32H,18-21H2,1-3H3,(H,37,40). The van der Waals surface area contributed by atoms with Gasteiger partial charge < -0.3 is 15.0 Å². The van der Waals surface area contributed by atoms with Gasteiger partial charge in [-0.1, -0.05) is 88.7 Å². The lowest BCUT2D eigenvalue weighted by Crippen LogP contribution is -2.50. The number of nitrogens with one attached hydrogen (secondary N) is 1. The van der Waals surface area contributed by atoms with E-state index in [1.54, 1.807) is 19.1 Å². The Balaban J connectivity index is 1.26. The number of hydrogen-bond acceptors (Lipinski definition) is 4. The fourth-order valence-electron chi connectivity index (χ4n) is 5.56. The third-order valence-corrected chi connectivity index (χ3v) is 8.16. The zero-order chi connectivity index (χ0) is 29.6. The lowest BCUT2D eigenvalue weighted by molar-refractivity contribution is -0.122. The third kappa shape index (κ3) is 6.75. The van der Waals surface area contributed by atoms with Gasteiger partial charge in [-0.25, -0.2) is 0 Å². The summed E-state index contributed by atoms with van der Waals surface area (Å²) < 4.78 is 7.02. The second-order valence-electron chi connectivity index (χ2n) is 10.7. The highest BCUT2D eigenvalue weighted by molar-refractivity contribution is 9.10. The highest BCUT2D eigenvalue weighted by Gasteiger charge is 2.29. The van der Waals surface area contributed by atoms with E-state index in [4.69, 9.17) is 4.74 Å². The Morgan fingerprint density at radius 3 is 1.88 bits per heavy atom. The van der Waals surface area contributed by atoms with Gasteiger partial charge in [0.1, 0.15) is 5.75 Å². The van der Waals surface area contributed by atoms with Crippen molar-refractivity contribution in [2.24, 2.45) is 0 Å². The molecule has 1 N–H and O–H groups in total. The van der Waals surface area contributed by atoms with Gasteiger partial charge in [-0.3, -0.25) is 14.5 Å². The van der Waals surface area contributed by atoms with Crippen LogP contribution in [-0.4, -0.2) is 53.9 Å². The summed E-state index contributed by atoms with van der Waals surface area (Å²) in [6, 6.07) is 32.3. The number of anilines is 1. The largest absolute Gasteiger partial charge is 0.480 e. The van der Waals surface area contributed by atoms with Crippen molar-refractivity contribution in [3.63, 3.8) is 0 Å². The van der Waals surface area contributed by atoms with Gasteiger partial charge in [-0.05, 0) is 67.3 Å². The van der Waals surface area contributed by atoms with Crippen LogP contribution in [0.3, 0.4) is 0 Å². The molecule has 1 aliphatic heterocycles. The molecular formula is C35H36BrN3O3. The minimum Gasteiger partial charge on any atom is -0.480 e. The second kappa shape index (κ2) is 13.4. The molecule has 7 heteroatoms. The van der Waals surface area contributed by atoms with E-state index in [9.17, 15) is 9.59 Å². The summed E-state index contributed by atoms with van der Waals surface area (Å²) in [7, 11) is 0. The maximum absolute atomic E-state index is 13.7. The minimum absolute atomic E-state index is 0.0882. The molecule has 0 bridgehead atoms. The van der Waals surface area contributed by atoms with E-state index in [2.05, 4.69) is 74.7 Å². The molecule has 0 aliphatic carbocycles. The number of aryl methyl sites for hydroxylation is 2. The Morgan fingerprint density at radius 2 is 1.31 bits per heavy atom. The molecule has 0 aromatic heterocycles. The Hall–Kier alpha value is -3.94. The number of carbonyl (C=O) groups is 2. The van der Waals surface area contributed by atoms with Crippen molar-refractivity contribution >= 4 is 33.4 Å². The Kier molecular flexibility index (Phi) is 9.40. The minimum atomic E-state index is -0.747. The number of amides is 2. The summed E-state index contributed by atoms with van der Waals surface area (Å²) in [6.45, 7) is 8.30. The van der Waals surface area contributed by atoms with Gasteiger partial charge in [-0.15, -0.1) is 0 Å². The van der Waals surface area contributed by atoms with E-state index in [0.717, 1.165) is 28.7 Å². The summed E-state index contributed by atoms with van der Waals surface area (Å²) in [4.78, 5) is 31.2. The predicted molar refractivity (Wildman–Crippen MR) is 171 cm³/mol. The number of piperazine rings is 1. The highest BCUT2D eigenvalue weighted by atomic mass is 79.9. The topological polar surface area (TPSA) is 61.9 Å². The molecule has 42 heavy (non-hydrogen) atoms. The van der Waals surface area contributed by atoms with Gasteiger partial charge in [0.05, 0.1) is 17.3 Å². The molecule has 1 fully saturated rings. The van der Waals surface area contributed by atoms with Crippen LogP contribution in [0.2, 0.25) is 0 Å². The molecule has 216 valence electrons. The molecule has 0 radical (unpaired) electrons. The molecule has 1 unspecified atom stereocenters. The van der Waals surface area contributed by atoms with Crippen molar-refractivity contribution in [1.29, 1.82) is 0 Å². The first-order valence-corrected chi connectivity index (χ1v) is 15.1. The van der Waals surface area contributed by atoms with Gasteiger partial charge in [0.2, 0.25) is 0 Å². The molecule has 5 rings (SSSR count). The molecule has 6 nitrogen and oxygen atoms in total. The van der Waals surface area contributed by atoms with Crippen LogP contribution in [0.5, 0.6) is 5.75 Å². The van der Waals surface area contributed by atoms with Crippen LogP contribution in [0.1, 0.15) is 45.6 Å². The van der Waals surface area contributed by atoms with E-state index in [0.29, 0.717) is 30.1 Å². The summed E-state index contributed by atoms with van der Waals surface area (Å²) in [5.74, 6) is 0.289. The second-order valence-corrected chi connectivity index (χ2v) is 11.6. The molecule has 1 saturated heterocycles. The molecule has 4 aromatic rings. The van der Waals surface area contributed by atoms with Crippen LogP contribution in [0.25, 0.3) is 0 Å². The summed E-state index contributed by atoms with van der Waals surface area (Å²) in [6.07, 6.45) is -0.747. The van der Waals surface area contributed by atoms with Gasteiger partial charge in [0.15, 0.2) is 6.10 Å². The third-order valence-electron chi connectivity index (χ3n) is 7.70. The number of hydrogen-bond donors (Lipinski definition) is 1. The van der Waals surface area contributed by atoms with E-state index in [1.807, 2.05) is 55.1 Å². The zero-order valence-corrected chi connectivity index (χ0v) is 25.8. The first-order valence-electron chi connectivity index (χ1n) is 14.3. The van der Waals surface area contributed by atoms with Crippen LogP contribution in [0.4, 0.5) is 5.69 Å². The van der Waals surface area contributed by atoms with Crippen LogP contribution in [0, 0.1) is 13.8 Å². The summed E-state index contributed by atoms with van der Waals surface area (Å²) in [5.41, 5.74) is 5.32. The van der Waals surface area contributed by atoms with Crippen molar-refractivity contribution in [1.82, 2.24) is 9.80 Å². The number of halogens is 1. The van der Waals surface area contributed by atoms with Crippen molar-refractivity contribution in [3.8, 4) is 5.75 Å². The fraction of sp³-hybridized carbons (Fsp3) is 0.257. The quantitative estimate of drug-likeness (QED) is 0.229. The summed E-state index contributed by atoms with van der Waals surface area (Å²) in [5, 5.41) is 2.94. The maximum atomic E-state index is 13.7. The van der Waals surface area contributed by atoms with Crippen molar-refractivity contribution in [2.45, 2.75) is 32.9 Å². The van der Waals surface area contributed by atoms with Crippen molar-refractivity contribution < 1.29 is 14.3 Å². The first-order chi connectivity index (χ1) is 20.3. The smallest absolute Gasteiger partial charge is 0.265 e. The van der Waals surface area contributed by atoms with E-state index in [-0.39, 0.29) is 17.9 Å². The van der Waals surface area contributed by atoms with Crippen LogP contribution < -0.4 is 10.1 Å². The fourth-order valence-corrected chi connectivity index (χ4v) is 6.25. The zero-order valence-electron chi connectivity index (χ0n) is 24.2. The lowest BCUT2D eigenvalue weighted by Gasteiger charge is -2.40. The van der Waals surface area contributed by atoms with Gasteiger partial charge in [0.25, 0.3) is 11.8 Å². The molecule has 0 saturated carbocycles. The first kappa shape index (κ1) is 29.5. The lowest BCUT2D eigenvalue weighted by atomic mass is 9.96. The predicted octanol–water partition coefficient (Wildman–Crippen LogP) is 7.02. The van der Waals surface area contributed by atoms with E-state index >= 15 is 0 Å². The van der Waals surface area contributed by atoms with Crippen LogP contribution in [0.15, 0.2) is 102 Å². The molecule has 2 amide bonds. The Bertz CT molecular complexity index is 1470. The number of para-hydroxylation sites is 1. The molecule has 1 heterocycles. The SMILES string of the molecule is Cc1cc(Br)cc(C)c1OC(C)C(=O)Nc1ccccc1C(=O)N1CCN(C(c2ccccc2)c2ccccc2)CC1. The van der Waals surface area contributed by atoms with E-state index in [1.165, 1.54) is 11.1 Å². The highest BCUT2D eigenvalue weighted by Crippen LogP contribution is 2.31. The van der Waals surface area contributed by atoms with Gasteiger partial charge in [0, 0.05) is 30.7 Å². The number of ether oxygens (including phenoxy) is 1. The average Bonchev–Trinajstić information content (AvgIpc) is 3.00. The monoisotopic (exact) mass is 625 g/mol. The van der Waals surface area contributed by atoms with Crippen molar-refractivity contribution in [3.05, 3.63) is 129 Å². The van der Waals surface area contributed by atoms with Gasteiger partial charge >= 0.3 is 0 Å². The van der Waals surface area contributed by atoms with Gasteiger partial charge in [-0.2, -0.15) is 0 Å². The number of rotatable bonds is 8. The van der Waals surface area contributed by atoms with E-state index < -0.39 is 6.10 Å². The number of nitrogens with zero attached hydrogens (tertiary/aromatic N) is 2. The van der Waals surface area contributed by atoms with Crippen LogP contribution >= 0.6 is 15.9 Å². The molecule has 0 spiro atoms. The molecule has 1 aliphatic rings. The average molecular weight is 627 g/mol. The molecule has 4 aromatic carbocycles. The number of carbonyl (C=O) groups excluding carboxylic acids is 2.